The van der Waals surface area contributed by atoms with Gasteiger partial charge < -0.3 is 10.3 Å². The van der Waals surface area contributed by atoms with Gasteiger partial charge in [-0.05, 0) is 24.4 Å². The maximum Gasteiger partial charge on any atom is 0.207 e. The van der Waals surface area contributed by atoms with Crippen molar-refractivity contribution in [1.29, 1.82) is 0 Å². The second-order valence-corrected chi connectivity index (χ2v) is 6.53. The quantitative estimate of drug-likeness (QED) is 0.849. The van der Waals surface area contributed by atoms with Crippen LogP contribution in [0.2, 0.25) is 4.47 Å². The Morgan fingerprint density at radius 1 is 1.33 bits per heavy atom. The zero-order valence-corrected chi connectivity index (χ0v) is 11.8. The van der Waals surface area contributed by atoms with Gasteiger partial charge in [0.05, 0.1) is 12.3 Å². The van der Waals surface area contributed by atoms with Crippen molar-refractivity contribution in [3.05, 3.63) is 15.3 Å². The third-order valence-electron chi connectivity index (χ3n) is 2.60. The van der Waals surface area contributed by atoms with Crippen LogP contribution in [0, 0.1) is 0 Å². The third-order valence-corrected chi connectivity index (χ3v) is 4.75. The standard InChI is InChI=1S/C9H11ClN6S2/c10-8-14-13-7(18-8)4-17-9-15-12-6(3-11)16(9)5-1-2-5/h5H,1-4,11H2. The van der Waals surface area contributed by atoms with Crippen LogP contribution in [0.1, 0.15) is 29.7 Å². The van der Waals surface area contributed by atoms with Crippen molar-refractivity contribution in [2.24, 2.45) is 5.73 Å². The topological polar surface area (TPSA) is 82.5 Å². The highest BCUT2D eigenvalue weighted by Crippen LogP contribution is 2.39. The minimum absolute atomic E-state index is 0.425. The Balaban J connectivity index is 1.74. The summed E-state index contributed by atoms with van der Waals surface area (Å²) in [5.41, 5.74) is 5.67. The predicted molar refractivity (Wildman–Crippen MR) is 70.7 cm³/mol. The molecule has 0 radical (unpaired) electrons. The summed E-state index contributed by atoms with van der Waals surface area (Å²) in [6, 6.07) is 0.527. The second kappa shape index (κ2) is 5.12. The number of nitrogens with two attached hydrogens (primary N) is 1. The van der Waals surface area contributed by atoms with Crippen molar-refractivity contribution in [3.63, 3.8) is 0 Å². The average Bonchev–Trinajstić information content (AvgIpc) is 2.99. The van der Waals surface area contributed by atoms with E-state index in [9.17, 15) is 0 Å². The highest BCUT2D eigenvalue weighted by Gasteiger charge is 2.29. The Labute approximate surface area is 117 Å². The number of rotatable bonds is 5. The summed E-state index contributed by atoms with van der Waals surface area (Å²) in [6.07, 6.45) is 2.37. The Bertz CT molecular complexity index is 549. The lowest BCUT2D eigenvalue weighted by Gasteiger charge is -2.06. The van der Waals surface area contributed by atoms with Gasteiger partial charge in [-0.25, -0.2) is 0 Å². The molecule has 1 saturated carbocycles. The molecule has 1 aliphatic rings. The SMILES string of the molecule is NCc1nnc(SCc2nnc(Cl)s2)n1C1CC1. The fraction of sp³-hybridized carbons (Fsp3) is 0.556. The smallest absolute Gasteiger partial charge is 0.207 e. The molecule has 0 atom stereocenters. The van der Waals surface area contributed by atoms with Gasteiger partial charge in [-0.3, -0.25) is 0 Å². The van der Waals surface area contributed by atoms with Gasteiger partial charge in [-0.15, -0.1) is 20.4 Å². The van der Waals surface area contributed by atoms with Crippen molar-refractivity contribution < 1.29 is 0 Å². The van der Waals surface area contributed by atoms with E-state index >= 15 is 0 Å². The molecule has 2 N–H and O–H groups in total. The lowest BCUT2D eigenvalue weighted by Crippen LogP contribution is -2.08. The van der Waals surface area contributed by atoms with E-state index in [1.165, 1.54) is 24.2 Å². The molecule has 6 nitrogen and oxygen atoms in total. The van der Waals surface area contributed by atoms with Gasteiger partial charge in [0.25, 0.3) is 0 Å². The molecule has 0 aliphatic heterocycles. The molecule has 0 spiro atoms. The summed E-state index contributed by atoms with van der Waals surface area (Å²) >= 11 is 8.74. The van der Waals surface area contributed by atoms with E-state index in [4.69, 9.17) is 17.3 Å². The first-order chi connectivity index (χ1) is 8.78. The van der Waals surface area contributed by atoms with E-state index in [1.54, 1.807) is 11.8 Å². The minimum atomic E-state index is 0.425. The normalized spacial score (nSPS) is 15.2. The fourth-order valence-corrected chi connectivity index (χ4v) is 3.54. The molecule has 0 aromatic carbocycles. The minimum Gasteiger partial charge on any atom is -0.324 e. The van der Waals surface area contributed by atoms with Crippen LogP contribution in [0.15, 0.2) is 5.16 Å². The van der Waals surface area contributed by atoms with Crippen molar-refractivity contribution in [2.75, 3.05) is 0 Å². The highest BCUT2D eigenvalue weighted by molar-refractivity contribution is 7.98. The number of nitrogens with zero attached hydrogens (tertiary/aromatic N) is 5. The Morgan fingerprint density at radius 2 is 2.17 bits per heavy atom. The summed E-state index contributed by atoms with van der Waals surface area (Å²) in [6.45, 7) is 0.425. The molecule has 0 unspecified atom stereocenters. The Hall–Kier alpha value is -0.700. The van der Waals surface area contributed by atoms with Crippen LogP contribution < -0.4 is 5.73 Å². The first kappa shape index (κ1) is 12.3. The lowest BCUT2D eigenvalue weighted by molar-refractivity contribution is 0.626. The van der Waals surface area contributed by atoms with Crippen molar-refractivity contribution >= 4 is 34.7 Å². The van der Waals surface area contributed by atoms with Gasteiger partial charge in [-0.2, -0.15) is 0 Å². The van der Waals surface area contributed by atoms with Gasteiger partial charge in [-0.1, -0.05) is 23.1 Å². The largest absolute Gasteiger partial charge is 0.324 e. The molecular weight excluding hydrogens is 292 g/mol. The number of aromatic nitrogens is 5. The van der Waals surface area contributed by atoms with Crippen molar-refractivity contribution in [1.82, 2.24) is 25.0 Å². The first-order valence-corrected chi connectivity index (χ1v) is 7.70. The molecule has 2 aromatic rings. The third kappa shape index (κ3) is 2.51. The van der Waals surface area contributed by atoms with E-state index in [0.29, 0.717) is 22.8 Å². The average molecular weight is 303 g/mol. The lowest BCUT2D eigenvalue weighted by atomic mass is 10.5. The predicted octanol–water partition coefficient (Wildman–Crippen LogP) is 1.87. The Morgan fingerprint density at radius 3 is 2.78 bits per heavy atom. The van der Waals surface area contributed by atoms with E-state index in [0.717, 1.165) is 16.0 Å². The second-order valence-electron chi connectivity index (χ2n) is 3.94. The zero-order chi connectivity index (χ0) is 12.5. The van der Waals surface area contributed by atoms with Crippen LogP contribution in [0.5, 0.6) is 0 Å². The molecule has 18 heavy (non-hydrogen) atoms. The fourth-order valence-electron chi connectivity index (χ4n) is 1.66. The number of hydrogen-bond donors (Lipinski definition) is 1. The molecule has 1 aliphatic carbocycles. The van der Waals surface area contributed by atoms with Crippen molar-refractivity contribution in [2.45, 2.75) is 36.3 Å². The molecule has 0 bridgehead atoms. The van der Waals surface area contributed by atoms with E-state index < -0.39 is 0 Å². The summed E-state index contributed by atoms with van der Waals surface area (Å²) in [4.78, 5) is 0. The van der Waals surface area contributed by atoms with Gasteiger partial charge >= 0.3 is 0 Å². The van der Waals surface area contributed by atoms with Crippen LogP contribution >= 0.6 is 34.7 Å². The van der Waals surface area contributed by atoms with Crippen LogP contribution in [-0.2, 0) is 12.3 Å². The summed E-state index contributed by atoms with van der Waals surface area (Å²) in [5.74, 6) is 1.56. The van der Waals surface area contributed by atoms with Gasteiger partial charge in [0.15, 0.2) is 5.16 Å². The number of halogens is 1. The van der Waals surface area contributed by atoms with Crippen molar-refractivity contribution in [3.8, 4) is 0 Å². The summed E-state index contributed by atoms with van der Waals surface area (Å²) in [5, 5.41) is 17.9. The molecular formula is C9H11ClN6S2. The molecule has 96 valence electrons. The van der Waals surface area contributed by atoms with E-state index in [-0.39, 0.29) is 0 Å². The summed E-state index contributed by atoms with van der Waals surface area (Å²) < 4.78 is 2.62. The Kier molecular flexibility index (Phi) is 3.51. The molecule has 2 aromatic heterocycles. The maximum absolute atomic E-state index is 5.75. The highest BCUT2D eigenvalue weighted by atomic mass is 35.5. The van der Waals surface area contributed by atoms with Gasteiger partial charge in [0.1, 0.15) is 10.8 Å². The molecule has 3 rings (SSSR count). The van der Waals surface area contributed by atoms with Gasteiger partial charge in [0, 0.05) is 6.04 Å². The monoisotopic (exact) mass is 302 g/mol. The zero-order valence-electron chi connectivity index (χ0n) is 9.41. The van der Waals surface area contributed by atoms with Crippen LogP contribution in [-0.4, -0.2) is 25.0 Å². The van der Waals surface area contributed by atoms with Crippen LogP contribution in [0.4, 0.5) is 0 Å². The number of thioether (sulfide) groups is 1. The maximum atomic E-state index is 5.75. The molecule has 9 heteroatoms. The molecule has 0 amide bonds. The van der Waals surface area contributed by atoms with Gasteiger partial charge in [0.2, 0.25) is 4.47 Å². The molecule has 0 saturated heterocycles. The van der Waals surface area contributed by atoms with E-state index in [1.807, 2.05) is 0 Å². The number of hydrogen-bond acceptors (Lipinski definition) is 7. The summed E-state index contributed by atoms with van der Waals surface area (Å²) in [7, 11) is 0. The van der Waals surface area contributed by atoms with Crippen LogP contribution in [0.3, 0.4) is 0 Å². The first-order valence-electron chi connectivity index (χ1n) is 5.52. The molecule has 2 heterocycles. The van der Waals surface area contributed by atoms with Crippen LogP contribution in [0.25, 0.3) is 0 Å². The van der Waals surface area contributed by atoms with E-state index in [2.05, 4.69) is 25.0 Å². The molecule has 1 fully saturated rings.